The molecule has 0 spiro atoms. The van der Waals surface area contributed by atoms with Gasteiger partial charge in [-0.3, -0.25) is 19.2 Å². The molecule has 10 N–H and O–H groups in total. The maximum absolute atomic E-state index is 12.4. The van der Waals surface area contributed by atoms with Crippen LogP contribution in [0.25, 0.3) is 0 Å². The normalized spacial score (nSPS) is 13.6. The standard InChI is InChI=1S/C17H23N5O7/c18-10(6-13(19)24)15(26)21-11(7-14(20)25)16(27)22-12(17(28)29)5-8-1-3-9(23)4-2-8/h1-4,10-12,23H,5-7,18H2,(H2,19,24)(H2,20,25)(H,21,26)(H,22,27)(H,28,29). The number of hydrogen-bond acceptors (Lipinski definition) is 7. The van der Waals surface area contributed by atoms with Crippen molar-refractivity contribution in [1.82, 2.24) is 10.6 Å². The minimum absolute atomic E-state index is 0.0128. The Bertz CT molecular complexity index is 781. The van der Waals surface area contributed by atoms with Crippen LogP contribution >= 0.6 is 0 Å². The third-order valence-electron chi connectivity index (χ3n) is 3.79. The van der Waals surface area contributed by atoms with Crippen molar-refractivity contribution in [2.24, 2.45) is 17.2 Å². The van der Waals surface area contributed by atoms with Crippen LogP contribution in [-0.4, -0.2) is 57.9 Å². The Morgan fingerprint density at radius 1 is 0.862 bits per heavy atom. The highest BCUT2D eigenvalue weighted by atomic mass is 16.4. The Labute approximate surface area is 165 Å². The molecule has 4 amide bonds. The molecule has 0 saturated heterocycles. The van der Waals surface area contributed by atoms with E-state index in [0.29, 0.717) is 5.56 Å². The van der Waals surface area contributed by atoms with Crippen molar-refractivity contribution >= 4 is 29.6 Å². The fourth-order valence-corrected chi connectivity index (χ4v) is 2.34. The van der Waals surface area contributed by atoms with E-state index in [4.69, 9.17) is 17.2 Å². The van der Waals surface area contributed by atoms with E-state index >= 15 is 0 Å². The van der Waals surface area contributed by atoms with Crippen molar-refractivity contribution in [3.63, 3.8) is 0 Å². The first-order chi connectivity index (χ1) is 13.5. The number of aromatic hydroxyl groups is 1. The summed E-state index contributed by atoms with van der Waals surface area (Å²) in [5.74, 6) is -5.06. The molecule has 0 aliphatic carbocycles. The van der Waals surface area contributed by atoms with Gasteiger partial charge in [-0.25, -0.2) is 4.79 Å². The van der Waals surface area contributed by atoms with Crippen molar-refractivity contribution in [1.29, 1.82) is 0 Å². The third kappa shape index (κ3) is 8.26. The maximum Gasteiger partial charge on any atom is 0.326 e. The molecule has 0 aliphatic heterocycles. The molecule has 3 atom stereocenters. The van der Waals surface area contributed by atoms with Gasteiger partial charge in [0.15, 0.2) is 0 Å². The number of benzene rings is 1. The zero-order valence-electron chi connectivity index (χ0n) is 15.3. The Kier molecular flexibility index (Phi) is 8.55. The summed E-state index contributed by atoms with van der Waals surface area (Å²) in [6, 6.07) is 1.41. The Balaban J connectivity index is 2.88. The average Bonchev–Trinajstić information content (AvgIpc) is 2.61. The van der Waals surface area contributed by atoms with E-state index in [9.17, 15) is 34.2 Å². The lowest BCUT2D eigenvalue weighted by Gasteiger charge is -2.22. The number of carboxylic acids is 1. The summed E-state index contributed by atoms with van der Waals surface area (Å²) in [6.45, 7) is 0. The van der Waals surface area contributed by atoms with E-state index in [1.165, 1.54) is 24.3 Å². The van der Waals surface area contributed by atoms with Crippen molar-refractivity contribution in [3.8, 4) is 5.75 Å². The van der Waals surface area contributed by atoms with Gasteiger partial charge >= 0.3 is 5.97 Å². The topological polar surface area (TPSA) is 228 Å². The zero-order valence-corrected chi connectivity index (χ0v) is 15.3. The lowest BCUT2D eigenvalue weighted by molar-refractivity contribution is -0.142. The van der Waals surface area contributed by atoms with E-state index in [2.05, 4.69) is 10.6 Å². The van der Waals surface area contributed by atoms with Gasteiger partial charge in [-0.15, -0.1) is 0 Å². The Morgan fingerprint density at radius 2 is 1.38 bits per heavy atom. The van der Waals surface area contributed by atoms with Gasteiger partial charge in [0, 0.05) is 6.42 Å². The highest BCUT2D eigenvalue weighted by Crippen LogP contribution is 2.11. The molecule has 29 heavy (non-hydrogen) atoms. The molecular weight excluding hydrogens is 386 g/mol. The molecule has 0 fully saturated rings. The monoisotopic (exact) mass is 409 g/mol. The van der Waals surface area contributed by atoms with Crippen molar-refractivity contribution in [2.45, 2.75) is 37.4 Å². The Hall–Kier alpha value is -3.67. The van der Waals surface area contributed by atoms with Crippen LogP contribution in [0.15, 0.2) is 24.3 Å². The summed E-state index contributed by atoms with van der Waals surface area (Å²) in [6.07, 6.45) is -1.23. The SMILES string of the molecule is NC(=O)CC(N)C(=O)NC(CC(N)=O)C(=O)NC(Cc1ccc(O)cc1)C(=O)O. The zero-order chi connectivity index (χ0) is 22.1. The first-order valence-corrected chi connectivity index (χ1v) is 8.43. The molecule has 1 rings (SSSR count). The first-order valence-electron chi connectivity index (χ1n) is 8.43. The van der Waals surface area contributed by atoms with Gasteiger partial charge in [-0.2, -0.15) is 0 Å². The number of phenolic OH excluding ortho intramolecular Hbond substituents is 1. The van der Waals surface area contributed by atoms with Crippen molar-refractivity contribution < 1.29 is 34.2 Å². The van der Waals surface area contributed by atoms with E-state index in [1.54, 1.807) is 0 Å². The molecule has 0 aliphatic rings. The predicted molar refractivity (Wildman–Crippen MR) is 98.9 cm³/mol. The highest BCUT2D eigenvalue weighted by molar-refractivity contribution is 5.95. The minimum atomic E-state index is -1.50. The van der Waals surface area contributed by atoms with Gasteiger partial charge in [-0.05, 0) is 17.7 Å². The van der Waals surface area contributed by atoms with Crippen LogP contribution in [0.2, 0.25) is 0 Å². The summed E-state index contributed by atoms with van der Waals surface area (Å²) in [5.41, 5.74) is 16.0. The molecule has 0 aromatic heterocycles. The third-order valence-corrected chi connectivity index (χ3v) is 3.79. The molecule has 158 valence electrons. The van der Waals surface area contributed by atoms with Crippen LogP contribution in [0.3, 0.4) is 0 Å². The fraction of sp³-hybridized carbons (Fsp3) is 0.353. The molecule has 3 unspecified atom stereocenters. The Morgan fingerprint density at radius 3 is 1.86 bits per heavy atom. The molecule has 12 heteroatoms. The molecule has 0 bridgehead atoms. The van der Waals surface area contributed by atoms with Crippen molar-refractivity contribution in [3.05, 3.63) is 29.8 Å². The second kappa shape index (κ2) is 10.6. The maximum atomic E-state index is 12.4. The number of primary amides is 2. The average molecular weight is 409 g/mol. The quantitative estimate of drug-likeness (QED) is 0.199. The number of carboxylic acid groups (broad SMARTS) is 1. The predicted octanol–water partition coefficient (Wildman–Crippen LogP) is -2.93. The number of aliphatic carboxylic acids is 1. The minimum Gasteiger partial charge on any atom is -0.508 e. The van der Waals surface area contributed by atoms with Gasteiger partial charge in [0.05, 0.1) is 18.9 Å². The number of carbonyl (C=O) groups is 5. The lowest BCUT2D eigenvalue weighted by Crippen LogP contribution is -2.56. The van der Waals surface area contributed by atoms with Crippen LogP contribution in [0.1, 0.15) is 18.4 Å². The molecule has 1 aromatic rings. The summed E-state index contributed by atoms with van der Waals surface area (Å²) in [7, 11) is 0. The molecule has 0 saturated carbocycles. The summed E-state index contributed by atoms with van der Waals surface area (Å²) < 4.78 is 0. The molecular formula is C17H23N5O7. The van der Waals surface area contributed by atoms with Gasteiger partial charge in [0.25, 0.3) is 0 Å². The summed E-state index contributed by atoms with van der Waals surface area (Å²) in [4.78, 5) is 58.0. The number of amides is 4. The molecule has 0 radical (unpaired) electrons. The number of phenols is 1. The van der Waals surface area contributed by atoms with Gasteiger partial charge in [-0.1, -0.05) is 12.1 Å². The second-order valence-corrected chi connectivity index (χ2v) is 6.28. The fourth-order valence-electron chi connectivity index (χ4n) is 2.34. The summed E-state index contributed by atoms with van der Waals surface area (Å²) >= 11 is 0. The van der Waals surface area contributed by atoms with Gasteiger partial charge in [0.2, 0.25) is 23.6 Å². The lowest BCUT2D eigenvalue weighted by atomic mass is 10.0. The smallest absolute Gasteiger partial charge is 0.326 e. The number of nitrogens with one attached hydrogen (secondary N) is 2. The van der Waals surface area contributed by atoms with Gasteiger partial charge < -0.3 is 38.0 Å². The van der Waals surface area contributed by atoms with E-state index < -0.39 is 60.6 Å². The van der Waals surface area contributed by atoms with E-state index in [0.717, 1.165) is 0 Å². The summed E-state index contributed by atoms with van der Waals surface area (Å²) in [5, 5.41) is 23.0. The van der Waals surface area contributed by atoms with Crippen LogP contribution in [0.4, 0.5) is 0 Å². The molecule has 12 nitrogen and oxygen atoms in total. The van der Waals surface area contributed by atoms with Gasteiger partial charge in [0.1, 0.15) is 17.8 Å². The number of hydrogen-bond donors (Lipinski definition) is 7. The molecule has 1 aromatic carbocycles. The van der Waals surface area contributed by atoms with E-state index in [1.807, 2.05) is 0 Å². The number of rotatable bonds is 11. The second-order valence-electron chi connectivity index (χ2n) is 6.28. The van der Waals surface area contributed by atoms with Crippen molar-refractivity contribution in [2.75, 3.05) is 0 Å². The number of carbonyl (C=O) groups excluding carboxylic acids is 4. The van der Waals surface area contributed by atoms with Crippen LogP contribution < -0.4 is 27.8 Å². The first kappa shape index (κ1) is 23.4. The molecule has 0 heterocycles. The van der Waals surface area contributed by atoms with Crippen LogP contribution in [0.5, 0.6) is 5.75 Å². The highest BCUT2D eigenvalue weighted by Gasteiger charge is 2.29. The van der Waals surface area contributed by atoms with Crippen LogP contribution in [-0.2, 0) is 30.4 Å². The number of nitrogens with two attached hydrogens (primary N) is 3. The van der Waals surface area contributed by atoms with Crippen LogP contribution in [0, 0.1) is 0 Å². The van der Waals surface area contributed by atoms with E-state index in [-0.39, 0.29) is 12.2 Å². The largest absolute Gasteiger partial charge is 0.508 e.